The van der Waals surface area contributed by atoms with Gasteiger partial charge in [0, 0.05) is 13.0 Å². The molecule has 0 radical (unpaired) electrons. The van der Waals surface area contributed by atoms with Gasteiger partial charge in [-0.3, -0.25) is 10.5 Å². The van der Waals surface area contributed by atoms with E-state index in [4.69, 9.17) is 11.5 Å². The van der Waals surface area contributed by atoms with Crippen LogP contribution in [0.25, 0.3) is 0 Å². The minimum Gasteiger partial charge on any atom is -0.481 e. The van der Waals surface area contributed by atoms with E-state index in [-0.39, 0.29) is 12.6 Å². The van der Waals surface area contributed by atoms with Gasteiger partial charge in [-0.25, -0.2) is 9.79 Å². The second kappa shape index (κ2) is 9.93. The van der Waals surface area contributed by atoms with E-state index in [1.165, 1.54) is 0 Å². The van der Waals surface area contributed by atoms with Gasteiger partial charge in [0.1, 0.15) is 6.16 Å². The van der Waals surface area contributed by atoms with Crippen LogP contribution < -0.4 is 11.5 Å². The third-order valence-corrected chi connectivity index (χ3v) is 6.95. The summed E-state index contributed by atoms with van der Waals surface area (Å²) < 4.78 is 0. The molecule has 0 aliphatic carbocycles. The van der Waals surface area contributed by atoms with E-state index in [0.29, 0.717) is 19.4 Å². The number of aliphatic carboxylic acids is 1. The number of nitrogens with two attached hydrogens (primary N) is 2. The average molecular weight is 391 g/mol. The van der Waals surface area contributed by atoms with Gasteiger partial charge >= 0.3 is 5.97 Å². The Labute approximate surface area is 160 Å². The minimum absolute atomic E-state index is 0.206. The maximum Gasteiger partial charge on any atom is 0.310 e. The van der Waals surface area contributed by atoms with Crippen molar-refractivity contribution in [3.05, 3.63) is 71.3 Å². The summed E-state index contributed by atoms with van der Waals surface area (Å²) >= 11 is 0. The Bertz CT molecular complexity index is 740. The Morgan fingerprint density at radius 2 is 1.63 bits per heavy atom. The number of hydrogen-bond acceptors (Lipinski definition) is 5. The van der Waals surface area contributed by atoms with Gasteiger partial charge in [0.05, 0.1) is 5.92 Å². The number of hydrogen-bond donors (Lipinski definition) is 5. The molecule has 27 heavy (non-hydrogen) atoms. The van der Waals surface area contributed by atoms with Crippen molar-refractivity contribution in [3.8, 4) is 0 Å². The Balaban J connectivity index is 2.00. The van der Waals surface area contributed by atoms with Crippen molar-refractivity contribution in [2.45, 2.75) is 31.6 Å². The first-order valence-corrected chi connectivity index (χ1v) is 10.9. The highest BCUT2D eigenvalue weighted by Gasteiger charge is 2.45. The van der Waals surface area contributed by atoms with Gasteiger partial charge in [-0.05, 0) is 29.5 Å². The van der Waals surface area contributed by atoms with E-state index in [9.17, 15) is 19.7 Å². The van der Waals surface area contributed by atoms with Crippen LogP contribution in [0.2, 0.25) is 0 Å². The van der Waals surface area contributed by atoms with Crippen molar-refractivity contribution in [3.63, 3.8) is 0 Å². The molecule has 0 amide bonds. The van der Waals surface area contributed by atoms with Crippen LogP contribution in [0.15, 0.2) is 54.6 Å². The summed E-state index contributed by atoms with van der Waals surface area (Å²) in [5.41, 5.74) is 14.4. The van der Waals surface area contributed by atoms with Crippen molar-refractivity contribution in [2.75, 3.05) is 6.16 Å². The summed E-state index contributed by atoms with van der Waals surface area (Å²) in [6.07, 6.45) is 0.976. The Kier molecular flexibility index (Phi) is 7.90. The normalized spacial score (nSPS) is 13.9. The van der Waals surface area contributed by atoms with Crippen LogP contribution >= 0.6 is 7.72 Å². The molecule has 0 heterocycles. The van der Waals surface area contributed by atoms with Gasteiger partial charge < -0.3 is 10.8 Å². The van der Waals surface area contributed by atoms with E-state index >= 15 is 0 Å². The fourth-order valence-electron chi connectivity index (χ4n) is 3.02. The van der Waals surface area contributed by atoms with E-state index < -0.39 is 25.4 Å². The van der Waals surface area contributed by atoms with Crippen LogP contribution in [-0.4, -0.2) is 32.8 Å². The van der Waals surface area contributed by atoms with Crippen molar-refractivity contribution in [2.24, 2.45) is 17.4 Å². The molecule has 0 spiro atoms. The lowest BCUT2D eigenvalue weighted by atomic mass is 9.99. The van der Waals surface area contributed by atoms with Gasteiger partial charge in [-0.15, -0.1) is 0 Å². The second-order valence-corrected chi connectivity index (χ2v) is 9.42. The fourth-order valence-corrected chi connectivity index (χ4v) is 4.77. The predicted octanol–water partition coefficient (Wildman–Crippen LogP) is 2.14. The average Bonchev–Trinajstić information content (AvgIpc) is 2.66. The van der Waals surface area contributed by atoms with Gasteiger partial charge in [-0.2, -0.15) is 0 Å². The summed E-state index contributed by atoms with van der Waals surface area (Å²) in [4.78, 5) is 32.7. The molecule has 0 unspecified atom stereocenters. The zero-order valence-corrected chi connectivity index (χ0v) is 16.1. The Hall–Kier alpha value is -1.82. The molecule has 0 aromatic heterocycles. The summed E-state index contributed by atoms with van der Waals surface area (Å²) in [6.45, 7) is 0.368. The molecular formula is C20H28N2O4P+. The predicted molar refractivity (Wildman–Crippen MR) is 108 cm³/mol. The third kappa shape index (κ3) is 6.69. The van der Waals surface area contributed by atoms with Crippen LogP contribution in [0.3, 0.4) is 0 Å². The SMILES string of the molecule is NCc1cccc(C[C@H](C[P+](O)(O)[C@@H](N)CCc2ccccc2)C(=O)O)c1. The van der Waals surface area contributed by atoms with Crippen LogP contribution in [0.5, 0.6) is 0 Å². The quantitative estimate of drug-likeness (QED) is 0.395. The lowest BCUT2D eigenvalue weighted by Crippen LogP contribution is -2.31. The first kappa shape index (κ1) is 21.5. The van der Waals surface area contributed by atoms with E-state index in [0.717, 1.165) is 16.7 Å². The van der Waals surface area contributed by atoms with Crippen LogP contribution in [0.1, 0.15) is 23.1 Å². The van der Waals surface area contributed by atoms with Gasteiger partial charge in [0.2, 0.25) is 0 Å². The Morgan fingerprint density at radius 1 is 1.00 bits per heavy atom. The van der Waals surface area contributed by atoms with Crippen molar-refractivity contribution in [1.29, 1.82) is 0 Å². The highest BCUT2D eigenvalue weighted by molar-refractivity contribution is 7.65. The molecule has 2 atom stereocenters. The standard InChI is InChI=1S/C20H27N2O4P/c21-13-17-8-4-7-16(11-17)12-18(20(23)24)14-27(25,26)19(22)10-9-15-5-2-1-3-6-15/h1-8,11,18-19,25-26H,9-10,12-14,21-22H2/p+1/t18-,19-/m1/s1. The lowest BCUT2D eigenvalue weighted by Gasteiger charge is -2.22. The van der Waals surface area contributed by atoms with Crippen LogP contribution in [-0.2, 0) is 24.2 Å². The molecule has 6 nitrogen and oxygen atoms in total. The molecule has 7 heteroatoms. The molecule has 0 saturated heterocycles. The molecule has 0 bridgehead atoms. The lowest BCUT2D eigenvalue weighted by molar-refractivity contribution is -0.141. The number of carbonyl (C=O) groups is 1. The van der Waals surface area contributed by atoms with Crippen molar-refractivity contribution >= 4 is 13.7 Å². The number of rotatable bonds is 10. The maximum atomic E-state index is 11.7. The van der Waals surface area contributed by atoms with Gasteiger partial charge in [-0.1, -0.05) is 54.6 Å². The number of aryl methyl sites for hydroxylation is 1. The number of carboxylic acid groups (broad SMARTS) is 1. The summed E-state index contributed by atoms with van der Waals surface area (Å²) in [6, 6.07) is 17.0. The zero-order chi connectivity index (χ0) is 19.9. The molecule has 0 aliphatic rings. The highest BCUT2D eigenvalue weighted by Crippen LogP contribution is 2.55. The monoisotopic (exact) mass is 391 g/mol. The molecular weight excluding hydrogens is 363 g/mol. The highest BCUT2D eigenvalue weighted by atomic mass is 31.2. The summed E-state index contributed by atoms with van der Waals surface area (Å²) in [5, 5.41) is 9.54. The van der Waals surface area contributed by atoms with Gasteiger partial charge in [0.25, 0.3) is 7.72 Å². The topological polar surface area (TPSA) is 130 Å². The molecule has 146 valence electrons. The number of benzene rings is 2. The minimum atomic E-state index is -3.56. The molecule has 0 saturated carbocycles. The van der Waals surface area contributed by atoms with E-state index in [2.05, 4.69) is 0 Å². The first-order chi connectivity index (χ1) is 12.8. The second-order valence-electron chi connectivity index (χ2n) is 6.82. The molecule has 7 N–H and O–H groups in total. The largest absolute Gasteiger partial charge is 0.481 e. The Morgan fingerprint density at radius 3 is 2.26 bits per heavy atom. The molecule has 0 fully saturated rings. The van der Waals surface area contributed by atoms with E-state index in [1.807, 2.05) is 54.6 Å². The van der Waals surface area contributed by atoms with Crippen LogP contribution in [0, 0.1) is 5.92 Å². The summed E-state index contributed by atoms with van der Waals surface area (Å²) in [7, 11) is -3.56. The fraction of sp³-hybridized carbons (Fsp3) is 0.350. The zero-order valence-electron chi connectivity index (χ0n) is 15.2. The van der Waals surface area contributed by atoms with Crippen LogP contribution in [0.4, 0.5) is 0 Å². The summed E-state index contributed by atoms with van der Waals surface area (Å²) in [5.74, 6) is -2.81. The number of carboxylic acids is 1. The first-order valence-electron chi connectivity index (χ1n) is 8.95. The maximum absolute atomic E-state index is 11.7. The molecule has 2 aromatic rings. The van der Waals surface area contributed by atoms with Crippen molar-refractivity contribution < 1.29 is 19.7 Å². The molecule has 2 rings (SSSR count). The molecule has 2 aromatic carbocycles. The van der Waals surface area contributed by atoms with Crippen molar-refractivity contribution in [1.82, 2.24) is 0 Å². The smallest absolute Gasteiger partial charge is 0.310 e. The third-order valence-electron chi connectivity index (χ3n) is 4.65. The van der Waals surface area contributed by atoms with E-state index in [1.54, 1.807) is 0 Å². The molecule has 0 aliphatic heterocycles. The van der Waals surface area contributed by atoms with Gasteiger partial charge in [0.15, 0.2) is 5.78 Å².